The Hall–Kier alpha value is -1.20. The zero-order chi connectivity index (χ0) is 13.8. The van der Waals surface area contributed by atoms with Gasteiger partial charge in [0.2, 0.25) is 0 Å². The first kappa shape index (κ1) is 14.2. The Morgan fingerprint density at radius 3 is 2.89 bits per heavy atom. The van der Waals surface area contributed by atoms with Crippen molar-refractivity contribution in [3.8, 4) is 0 Å². The van der Waals surface area contributed by atoms with Crippen LogP contribution in [0.25, 0.3) is 10.1 Å². The van der Waals surface area contributed by atoms with Gasteiger partial charge in [0.15, 0.2) is 0 Å². The predicted octanol–water partition coefficient (Wildman–Crippen LogP) is 2.96. The second-order valence-electron chi connectivity index (χ2n) is 4.43. The minimum Gasteiger partial charge on any atom is -0.469 e. The van der Waals surface area contributed by atoms with Crippen LogP contribution in [0.3, 0.4) is 0 Å². The lowest BCUT2D eigenvalue weighted by atomic mass is 10.2. The molecule has 5 heteroatoms. The van der Waals surface area contributed by atoms with Crippen molar-refractivity contribution in [3.63, 3.8) is 0 Å². The van der Waals surface area contributed by atoms with Gasteiger partial charge in [-0.25, -0.2) is 0 Å². The topological polar surface area (TPSA) is 43.4 Å². The second kappa shape index (κ2) is 6.30. The highest BCUT2D eigenvalue weighted by atomic mass is 32.2. The van der Waals surface area contributed by atoms with E-state index < -0.39 is 10.8 Å². The zero-order valence-electron chi connectivity index (χ0n) is 10.9. The van der Waals surface area contributed by atoms with Crippen LogP contribution in [0.2, 0.25) is 0 Å². The van der Waals surface area contributed by atoms with Gasteiger partial charge in [0.05, 0.1) is 13.0 Å². The van der Waals surface area contributed by atoms with E-state index in [9.17, 15) is 9.00 Å². The lowest BCUT2D eigenvalue weighted by molar-refractivity contribution is -0.144. The van der Waals surface area contributed by atoms with E-state index in [0.29, 0.717) is 11.5 Å². The van der Waals surface area contributed by atoms with E-state index >= 15 is 0 Å². The van der Waals surface area contributed by atoms with E-state index in [1.807, 2.05) is 23.6 Å². The number of benzene rings is 1. The summed E-state index contributed by atoms with van der Waals surface area (Å²) < 4.78 is 17.9. The van der Waals surface area contributed by atoms with Gasteiger partial charge in [-0.15, -0.1) is 11.3 Å². The van der Waals surface area contributed by atoms with Crippen molar-refractivity contribution in [3.05, 3.63) is 35.2 Å². The molecular weight excluding hydrogens is 280 g/mol. The van der Waals surface area contributed by atoms with Crippen molar-refractivity contribution in [1.82, 2.24) is 0 Å². The van der Waals surface area contributed by atoms with Crippen molar-refractivity contribution >= 4 is 38.2 Å². The van der Waals surface area contributed by atoms with Gasteiger partial charge in [-0.05, 0) is 22.4 Å². The molecule has 0 radical (unpaired) electrons. The Labute approximate surface area is 119 Å². The number of fused-ring (bicyclic) bond motifs is 1. The number of hydrogen-bond donors (Lipinski definition) is 0. The summed E-state index contributed by atoms with van der Waals surface area (Å²) in [5, 5.41) is 3.21. The van der Waals surface area contributed by atoms with Gasteiger partial charge in [0, 0.05) is 27.0 Å². The van der Waals surface area contributed by atoms with E-state index in [0.717, 1.165) is 10.9 Å². The third-order valence-electron chi connectivity index (χ3n) is 2.92. The molecule has 1 heterocycles. The molecular formula is C14H16O3S2. The fourth-order valence-corrected chi connectivity index (χ4v) is 4.39. The number of ether oxygens (including phenoxy) is 1. The summed E-state index contributed by atoms with van der Waals surface area (Å²) >= 11 is 1.66. The van der Waals surface area contributed by atoms with Crippen LogP contribution in [-0.4, -0.2) is 23.0 Å². The van der Waals surface area contributed by atoms with Crippen molar-refractivity contribution in [2.45, 2.75) is 12.7 Å². The van der Waals surface area contributed by atoms with Crippen molar-refractivity contribution in [2.75, 3.05) is 12.9 Å². The van der Waals surface area contributed by atoms with E-state index in [4.69, 9.17) is 0 Å². The molecule has 1 aromatic carbocycles. The highest BCUT2D eigenvalue weighted by Gasteiger charge is 2.17. The van der Waals surface area contributed by atoms with Gasteiger partial charge in [-0.2, -0.15) is 0 Å². The van der Waals surface area contributed by atoms with Crippen LogP contribution in [-0.2, 0) is 26.1 Å². The molecule has 0 saturated carbocycles. The van der Waals surface area contributed by atoms with E-state index in [1.54, 1.807) is 18.3 Å². The summed E-state index contributed by atoms with van der Waals surface area (Å²) in [5.74, 6) is 0.210. The molecule has 102 valence electrons. The minimum atomic E-state index is -1.05. The van der Waals surface area contributed by atoms with Crippen LogP contribution in [0, 0.1) is 5.92 Å². The summed E-state index contributed by atoms with van der Waals surface area (Å²) in [4.78, 5) is 11.3. The molecule has 0 amide bonds. The van der Waals surface area contributed by atoms with E-state index in [2.05, 4.69) is 10.8 Å². The highest BCUT2D eigenvalue weighted by molar-refractivity contribution is 7.84. The molecule has 0 spiro atoms. The first-order chi connectivity index (χ1) is 9.11. The summed E-state index contributed by atoms with van der Waals surface area (Å²) in [6.45, 7) is 1.75. The van der Waals surface area contributed by atoms with Gasteiger partial charge in [0.25, 0.3) is 0 Å². The lowest BCUT2D eigenvalue weighted by Gasteiger charge is -2.08. The molecule has 0 aliphatic rings. The average Bonchev–Trinajstić information content (AvgIpc) is 2.81. The molecule has 2 atom stereocenters. The van der Waals surface area contributed by atoms with E-state index in [1.165, 1.54) is 11.8 Å². The van der Waals surface area contributed by atoms with Crippen LogP contribution in [0.4, 0.5) is 0 Å². The number of rotatable bonds is 5. The van der Waals surface area contributed by atoms with Crippen molar-refractivity contribution in [1.29, 1.82) is 0 Å². The number of methoxy groups -OCH3 is 1. The summed E-state index contributed by atoms with van der Waals surface area (Å²) in [5.41, 5.74) is 1.09. The van der Waals surface area contributed by atoms with Crippen LogP contribution in [0.15, 0.2) is 29.6 Å². The normalized spacial score (nSPS) is 14.2. The number of carbonyl (C=O) groups is 1. The number of thiophene rings is 1. The van der Waals surface area contributed by atoms with Crippen molar-refractivity contribution < 1.29 is 13.7 Å². The standard InChI is InChI=1S/C14H16O3S2/c1-10(14(15)17-2)8-19(16)9-11-7-18-13-6-4-3-5-12(11)13/h3-7,10H,8-9H2,1-2H3. The summed E-state index contributed by atoms with van der Waals surface area (Å²) in [7, 11) is 0.303. The Balaban J connectivity index is 2.05. The molecule has 0 N–H and O–H groups in total. The zero-order valence-corrected chi connectivity index (χ0v) is 12.6. The average molecular weight is 296 g/mol. The summed E-state index contributed by atoms with van der Waals surface area (Å²) in [6.07, 6.45) is 0. The smallest absolute Gasteiger partial charge is 0.309 e. The SMILES string of the molecule is COC(=O)C(C)CS(=O)Cc1csc2ccccc12. The Morgan fingerprint density at radius 1 is 1.42 bits per heavy atom. The van der Waals surface area contributed by atoms with Gasteiger partial charge in [-0.3, -0.25) is 9.00 Å². The fraction of sp³-hybridized carbons (Fsp3) is 0.357. The quantitative estimate of drug-likeness (QED) is 0.797. The first-order valence-electron chi connectivity index (χ1n) is 5.99. The van der Waals surface area contributed by atoms with Gasteiger partial charge in [0.1, 0.15) is 0 Å². The molecule has 2 rings (SSSR count). The van der Waals surface area contributed by atoms with Gasteiger partial charge >= 0.3 is 5.97 Å². The molecule has 0 fully saturated rings. The third-order valence-corrected chi connectivity index (χ3v) is 5.43. The maximum absolute atomic E-state index is 12.1. The van der Waals surface area contributed by atoms with Crippen molar-refractivity contribution in [2.24, 2.45) is 5.92 Å². The van der Waals surface area contributed by atoms with Crippen LogP contribution >= 0.6 is 11.3 Å². The molecule has 2 aromatic rings. The molecule has 19 heavy (non-hydrogen) atoms. The van der Waals surface area contributed by atoms with Gasteiger partial charge in [-0.1, -0.05) is 25.1 Å². The molecule has 2 unspecified atom stereocenters. The van der Waals surface area contributed by atoms with E-state index in [-0.39, 0.29) is 11.9 Å². The van der Waals surface area contributed by atoms with Crippen LogP contribution in [0.1, 0.15) is 12.5 Å². The molecule has 0 aliphatic carbocycles. The fourth-order valence-electron chi connectivity index (χ4n) is 1.92. The Bertz CT molecular complexity index is 604. The Morgan fingerprint density at radius 2 is 2.16 bits per heavy atom. The second-order valence-corrected chi connectivity index (χ2v) is 6.85. The third kappa shape index (κ3) is 3.42. The molecule has 3 nitrogen and oxygen atoms in total. The molecule has 1 aromatic heterocycles. The monoisotopic (exact) mass is 296 g/mol. The Kier molecular flexibility index (Phi) is 4.71. The number of esters is 1. The van der Waals surface area contributed by atoms with Crippen LogP contribution < -0.4 is 0 Å². The predicted molar refractivity (Wildman–Crippen MR) is 79.7 cm³/mol. The maximum Gasteiger partial charge on any atom is 0.309 e. The first-order valence-corrected chi connectivity index (χ1v) is 8.36. The molecule has 0 saturated heterocycles. The highest BCUT2D eigenvalue weighted by Crippen LogP contribution is 2.26. The maximum atomic E-state index is 12.1. The van der Waals surface area contributed by atoms with Gasteiger partial charge < -0.3 is 4.74 Å². The minimum absolute atomic E-state index is 0.302. The number of carbonyl (C=O) groups excluding carboxylic acids is 1. The molecule has 0 aliphatic heterocycles. The lowest BCUT2D eigenvalue weighted by Crippen LogP contribution is -2.20. The number of hydrogen-bond acceptors (Lipinski definition) is 4. The summed E-state index contributed by atoms with van der Waals surface area (Å²) in [6, 6.07) is 8.09. The largest absolute Gasteiger partial charge is 0.469 e. The molecule has 0 bridgehead atoms. The van der Waals surface area contributed by atoms with Crippen LogP contribution in [0.5, 0.6) is 0 Å².